The molecule has 0 saturated carbocycles. The van der Waals surface area contributed by atoms with Gasteiger partial charge in [0.1, 0.15) is 12.4 Å². The van der Waals surface area contributed by atoms with Crippen molar-refractivity contribution in [2.45, 2.75) is 12.5 Å². The molecular weight excluding hydrogens is 256 g/mol. The van der Waals surface area contributed by atoms with Gasteiger partial charge in [-0.2, -0.15) is 0 Å². The minimum Gasteiger partial charge on any atom is -0.492 e. The summed E-state index contributed by atoms with van der Waals surface area (Å²) in [5.41, 5.74) is 6.73. The molecule has 5 nitrogen and oxygen atoms in total. The van der Waals surface area contributed by atoms with E-state index >= 15 is 0 Å². The Hall–Kier alpha value is -1.59. The van der Waals surface area contributed by atoms with Crippen molar-refractivity contribution < 1.29 is 14.3 Å². The molecule has 2 N–H and O–H groups in total. The number of fused-ring (bicyclic) bond motifs is 1. The third-order valence-corrected chi connectivity index (χ3v) is 3.94. The number of morpholine rings is 1. The van der Waals surface area contributed by atoms with Gasteiger partial charge in [-0.25, -0.2) is 0 Å². The predicted molar refractivity (Wildman–Crippen MR) is 74.5 cm³/mol. The molecule has 1 fully saturated rings. The number of hydrogen-bond acceptors (Lipinski definition) is 4. The number of ether oxygens (including phenoxy) is 2. The second-order valence-corrected chi connectivity index (χ2v) is 5.33. The standard InChI is InChI=1S/C15H20N2O3/c16-8-13-9-17(5-6-19-13)15(18)12-7-11-3-1-2-4-14(11)20-10-12/h1-4,12-13H,5-10,16H2/t12-,13+/m0/s1. The predicted octanol–water partition coefficient (Wildman–Crippen LogP) is 0.424. The number of rotatable bonds is 2. The van der Waals surface area contributed by atoms with E-state index in [2.05, 4.69) is 0 Å². The number of carbonyl (C=O) groups excluding carboxylic acids is 1. The minimum atomic E-state index is -0.0959. The molecule has 0 unspecified atom stereocenters. The van der Waals surface area contributed by atoms with E-state index in [4.69, 9.17) is 15.2 Å². The zero-order valence-corrected chi connectivity index (χ0v) is 11.5. The van der Waals surface area contributed by atoms with Crippen molar-refractivity contribution >= 4 is 5.91 Å². The smallest absolute Gasteiger partial charge is 0.229 e. The first-order valence-electron chi connectivity index (χ1n) is 7.09. The fourth-order valence-electron chi connectivity index (χ4n) is 2.81. The van der Waals surface area contributed by atoms with Gasteiger partial charge in [-0.05, 0) is 18.1 Å². The monoisotopic (exact) mass is 276 g/mol. The molecule has 1 amide bonds. The summed E-state index contributed by atoms with van der Waals surface area (Å²) in [6, 6.07) is 7.91. The molecule has 1 aromatic rings. The average molecular weight is 276 g/mol. The first-order chi connectivity index (χ1) is 9.78. The summed E-state index contributed by atoms with van der Waals surface area (Å²) in [6.07, 6.45) is 0.712. The van der Waals surface area contributed by atoms with Crippen LogP contribution in [0.2, 0.25) is 0 Å². The van der Waals surface area contributed by atoms with E-state index in [0.717, 1.165) is 17.7 Å². The first-order valence-corrected chi connectivity index (χ1v) is 7.09. The Balaban J connectivity index is 1.67. The summed E-state index contributed by atoms with van der Waals surface area (Å²) in [6.45, 7) is 2.72. The van der Waals surface area contributed by atoms with Gasteiger partial charge in [0, 0.05) is 19.6 Å². The van der Waals surface area contributed by atoms with Crippen molar-refractivity contribution in [2.24, 2.45) is 11.7 Å². The number of benzene rings is 1. The Morgan fingerprint density at radius 1 is 1.40 bits per heavy atom. The lowest BCUT2D eigenvalue weighted by Gasteiger charge is -2.35. The van der Waals surface area contributed by atoms with Gasteiger partial charge in [-0.1, -0.05) is 18.2 Å². The third-order valence-electron chi connectivity index (χ3n) is 3.94. The van der Waals surface area contributed by atoms with Crippen LogP contribution < -0.4 is 10.5 Å². The zero-order chi connectivity index (χ0) is 13.9. The highest BCUT2D eigenvalue weighted by Crippen LogP contribution is 2.28. The lowest BCUT2D eigenvalue weighted by Crippen LogP contribution is -2.51. The van der Waals surface area contributed by atoms with Crippen molar-refractivity contribution in [3.05, 3.63) is 29.8 Å². The Labute approximate surface area is 118 Å². The molecule has 0 aliphatic carbocycles. The maximum atomic E-state index is 12.6. The Morgan fingerprint density at radius 2 is 2.25 bits per heavy atom. The van der Waals surface area contributed by atoms with Gasteiger partial charge in [0.25, 0.3) is 0 Å². The highest BCUT2D eigenvalue weighted by Gasteiger charge is 2.32. The van der Waals surface area contributed by atoms with Crippen molar-refractivity contribution in [2.75, 3.05) is 32.8 Å². The Morgan fingerprint density at radius 3 is 3.10 bits per heavy atom. The molecule has 2 atom stereocenters. The van der Waals surface area contributed by atoms with Crippen LogP contribution in [0.1, 0.15) is 5.56 Å². The number of nitrogens with zero attached hydrogens (tertiary/aromatic N) is 1. The van der Waals surface area contributed by atoms with Crippen LogP contribution in [0.15, 0.2) is 24.3 Å². The van der Waals surface area contributed by atoms with Gasteiger partial charge >= 0.3 is 0 Å². The minimum absolute atomic E-state index is 0.0375. The fourth-order valence-corrected chi connectivity index (χ4v) is 2.81. The van der Waals surface area contributed by atoms with Gasteiger partial charge in [-0.15, -0.1) is 0 Å². The largest absolute Gasteiger partial charge is 0.492 e. The van der Waals surface area contributed by atoms with Gasteiger partial charge in [0.2, 0.25) is 5.91 Å². The maximum Gasteiger partial charge on any atom is 0.229 e. The van der Waals surface area contributed by atoms with Crippen LogP contribution in [-0.4, -0.2) is 49.8 Å². The van der Waals surface area contributed by atoms with Crippen molar-refractivity contribution in [1.82, 2.24) is 4.90 Å². The SMILES string of the molecule is NC[C@@H]1CN(C(=O)[C@@H]2COc3ccccc3C2)CCO1. The molecule has 20 heavy (non-hydrogen) atoms. The molecule has 1 saturated heterocycles. The van der Waals surface area contributed by atoms with E-state index in [9.17, 15) is 4.79 Å². The van der Waals surface area contributed by atoms with Gasteiger partial charge in [-0.3, -0.25) is 4.79 Å². The quantitative estimate of drug-likeness (QED) is 0.850. The Kier molecular flexibility index (Phi) is 3.89. The van der Waals surface area contributed by atoms with Crippen LogP contribution in [0.4, 0.5) is 0 Å². The number of para-hydroxylation sites is 1. The normalized spacial score (nSPS) is 25.8. The highest BCUT2D eigenvalue weighted by molar-refractivity contribution is 5.80. The summed E-state index contributed by atoms with van der Waals surface area (Å²) in [5.74, 6) is 0.959. The summed E-state index contributed by atoms with van der Waals surface area (Å²) in [5, 5.41) is 0. The lowest BCUT2D eigenvalue weighted by atomic mass is 9.95. The molecule has 2 aliphatic rings. The van der Waals surface area contributed by atoms with Crippen LogP contribution in [-0.2, 0) is 16.0 Å². The van der Waals surface area contributed by atoms with Crippen molar-refractivity contribution in [3.8, 4) is 5.75 Å². The summed E-state index contributed by atoms with van der Waals surface area (Å²) >= 11 is 0. The molecule has 5 heteroatoms. The topological polar surface area (TPSA) is 64.8 Å². The summed E-state index contributed by atoms with van der Waals surface area (Å²) < 4.78 is 11.2. The number of carbonyl (C=O) groups is 1. The number of amides is 1. The molecule has 2 aliphatic heterocycles. The van der Waals surface area contributed by atoms with Gasteiger partial charge in [0.15, 0.2) is 0 Å². The van der Waals surface area contributed by atoms with E-state index in [0.29, 0.717) is 32.8 Å². The first kappa shape index (κ1) is 13.4. The molecule has 0 bridgehead atoms. The van der Waals surface area contributed by atoms with Crippen LogP contribution in [0.25, 0.3) is 0 Å². The van der Waals surface area contributed by atoms with E-state index in [1.54, 1.807) is 0 Å². The average Bonchev–Trinajstić information content (AvgIpc) is 2.53. The molecule has 0 aromatic heterocycles. The number of nitrogens with two attached hydrogens (primary N) is 1. The molecular formula is C15H20N2O3. The molecule has 3 rings (SSSR count). The molecule has 0 spiro atoms. The van der Waals surface area contributed by atoms with Crippen LogP contribution in [0.5, 0.6) is 5.75 Å². The Bertz CT molecular complexity index is 492. The lowest BCUT2D eigenvalue weighted by molar-refractivity contribution is -0.144. The third kappa shape index (κ3) is 2.64. The maximum absolute atomic E-state index is 12.6. The fraction of sp³-hybridized carbons (Fsp3) is 0.533. The van der Waals surface area contributed by atoms with E-state index in [1.807, 2.05) is 29.2 Å². The molecule has 0 radical (unpaired) electrons. The van der Waals surface area contributed by atoms with Crippen molar-refractivity contribution in [1.29, 1.82) is 0 Å². The second kappa shape index (κ2) is 5.81. The number of hydrogen-bond donors (Lipinski definition) is 1. The van der Waals surface area contributed by atoms with E-state index in [1.165, 1.54) is 0 Å². The summed E-state index contributed by atoms with van der Waals surface area (Å²) in [4.78, 5) is 14.4. The molecule has 108 valence electrons. The second-order valence-electron chi connectivity index (χ2n) is 5.33. The van der Waals surface area contributed by atoms with Crippen molar-refractivity contribution in [3.63, 3.8) is 0 Å². The molecule has 1 aromatic carbocycles. The summed E-state index contributed by atoms with van der Waals surface area (Å²) in [7, 11) is 0. The van der Waals surface area contributed by atoms with E-state index in [-0.39, 0.29) is 17.9 Å². The van der Waals surface area contributed by atoms with Crippen LogP contribution >= 0.6 is 0 Å². The highest BCUT2D eigenvalue weighted by atomic mass is 16.5. The van der Waals surface area contributed by atoms with E-state index < -0.39 is 0 Å². The zero-order valence-electron chi connectivity index (χ0n) is 11.5. The van der Waals surface area contributed by atoms with Crippen LogP contribution in [0.3, 0.4) is 0 Å². The van der Waals surface area contributed by atoms with Crippen LogP contribution in [0, 0.1) is 5.92 Å². The molecule has 2 heterocycles. The van der Waals surface area contributed by atoms with Gasteiger partial charge in [0.05, 0.1) is 18.6 Å². The van der Waals surface area contributed by atoms with Gasteiger partial charge < -0.3 is 20.1 Å².